The van der Waals surface area contributed by atoms with E-state index in [0.29, 0.717) is 24.9 Å². The van der Waals surface area contributed by atoms with Gasteiger partial charge in [-0.05, 0) is 86.7 Å². The van der Waals surface area contributed by atoms with Gasteiger partial charge in [0, 0.05) is 18.0 Å². The molecule has 0 N–H and O–H groups in total. The zero-order valence-corrected chi connectivity index (χ0v) is 19.9. The van der Waals surface area contributed by atoms with Gasteiger partial charge in [0.2, 0.25) is 0 Å². The second kappa shape index (κ2) is 8.51. The van der Waals surface area contributed by atoms with E-state index >= 15 is 4.39 Å². The molecular weight excluding hydrogens is 437 g/mol. The molecule has 184 valence electrons. The third-order valence-electron chi connectivity index (χ3n) is 8.91. The molecule has 6 fully saturated rings. The number of benzene rings is 1. The van der Waals surface area contributed by atoms with Crippen LogP contribution >= 0.6 is 0 Å². The summed E-state index contributed by atoms with van der Waals surface area (Å²) in [6.45, 7) is 1.24. The van der Waals surface area contributed by atoms with Crippen molar-refractivity contribution in [2.45, 2.75) is 63.3 Å². The first-order chi connectivity index (χ1) is 16.4. The molecule has 1 aliphatic heterocycles. The molecule has 1 aromatic carbocycles. The highest BCUT2D eigenvalue weighted by atomic mass is 19.1. The first-order valence-corrected chi connectivity index (χ1v) is 12.9. The number of rotatable bonds is 6. The Balaban J connectivity index is 1.24. The molecule has 0 radical (unpaired) electrons. The van der Waals surface area contributed by atoms with Crippen LogP contribution in [0.2, 0.25) is 0 Å². The van der Waals surface area contributed by atoms with Crippen LogP contribution in [0.4, 0.5) is 4.39 Å². The summed E-state index contributed by atoms with van der Waals surface area (Å²) < 4.78 is 31.9. The van der Waals surface area contributed by atoms with Crippen molar-refractivity contribution in [1.82, 2.24) is 4.90 Å². The zero-order chi connectivity index (χ0) is 23.4. The van der Waals surface area contributed by atoms with Gasteiger partial charge in [-0.25, -0.2) is 9.18 Å². The Morgan fingerprint density at radius 2 is 1.79 bits per heavy atom. The number of carbonyl (C=O) groups is 2. The summed E-state index contributed by atoms with van der Waals surface area (Å²) in [5, 5.41) is 0. The Labute approximate surface area is 200 Å². The van der Waals surface area contributed by atoms with Gasteiger partial charge in [0.15, 0.2) is 6.04 Å². The summed E-state index contributed by atoms with van der Waals surface area (Å²) >= 11 is 0. The molecule has 7 rings (SSSR count). The molecule has 0 aromatic heterocycles. The highest BCUT2D eigenvalue weighted by Gasteiger charge is 2.51. The van der Waals surface area contributed by atoms with Gasteiger partial charge in [-0.3, -0.25) is 4.79 Å². The Kier molecular flexibility index (Phi) is 5.58. The average Bonchev–Trinajstić information content (AvgIpc) is 3.66. The van der Waals surface area contributed by atoms with Crippen molar-refractivity contribution in [1.29, 1.82) is 0 Å². The van der Waals surface area contributed by atoms with E-state index in [2.05, 4.69) is 0 Å². The lowest BCUT2D eigenvalue weighted by Gasteiger charge is -2.56. The highest BCUT2D eigenvalue weighted by Crippen LogP contribution is 2.60. The standard InChI is InChI=1S/C27H34FNO5/c1-32-26(31)23-14-33-5-4-29(23)25(30)21-9-20(19-2-3-19)24(10-22(21)28)34-15-27-11-16-6-17(12-27)8-18(7-16)13-27/h9-10,16-19,23H,2-8,11-15H2,1H3. The van der Waals surface area contributed by atoms with E-state index in [4.69, 9.17) is 14.2 Å². The number of morpholine rings is 1. The minimum atomic E-state index is -0.859. The van der Waals surface area contributed by atoms with Crippen molar-refractivity contribution in [3.63, 3.8) is 0 Å². The Morgan fingerprint density at radius 3 is 2.41 bits per heavy atom. The fraction of sp³-hybridized carbons (Fsp3) is 0.704. The van der Waals surface area contributed by atoms with Crippen LogP contribution in [0.5, 0.6) is 5.75 Å². The van der Waals surface area contributed by atoms with E-state index in [0.717, 1.165) is 36.2 Å². The van der Waals surface area contributed by atoms with Crippen LogP contribution in [0.1, 0.15) is 73.2 Å². The van der Waals surface area contributed by atoms with Gasteiger partial charge < -0.3 is 19.1 Å². The van der Waals surface area contributed by atoms with E-state index in [1.807, 2.05) is 0 Å². The summed E-state index contributed by atoms with van der Waals surface area (Å²) in [4.78, 5) is 26.9. The molecule has 5 saturated carbocycles. The summed E-state index contributed by atoms with van der Waals surface area (Å²) in [5.41, 5.74) is 1.17. The van der Waals surface area contributed by atoms with Crippen molar-refractivity contribution in [2.75, 3.05) is 33.5 Å². The van der Waals surface area contributed by atoms with Crippen molar-refractivity contribution < 1.29 is 28.2 Å². The molecule has 1 aromatic rings. The Hall–Kier alpha value is -2.15. The van der Waals surface area contributed by atoms with Gasteiger partial charge >= 0.3 is 5.97 Å². The fourth-order valence-electron chi connectivity index (χ4n) is 7.60. The number of halogens is 1. The second-order valence-electron chi connectivity index (χ2n) is 11.5. The lowest BCUT2D eigenvalue weighted by Crippen LogP contribution is -2.53. The number of amides is 1. The molecule has 1 amide bonds. The van der Waals surface area contributed by atoms with Crippen LogP contribution in [0.3, 0.4) is 0 Å². The lowest BCUT2D eigenvalue weighted by atomic mass is 9.50. The molecule has 7 heteroatoms. The van der Waals surface area contributed by atoms with E-state index in [1.165, 1.54) is 56.6 Å². The van der Waals surface area contributed by atoms with Crippen molar-refractivity contribution in [2.24, 2.45) is 23.2 Å². The smallest absolute Gasteiger partial charge is 0.331 e. The average molecular weight is 472 g/mol. The summed E-state index contributed by atoms with van der Waals surface area (Å²) in [6.07, 6.45) is 9.91. The van der Waals surface area contributed by atoms with E-state index in [9.17, 15) is 9.59 Å². The number of hydrogen-bond acceptors (Lipinski definition) is 5. The molecule has 6 nitrogen and oxygen atoms in total. The van der Waals surface area contributed by atoms with Crippen LogP contribution in [-0.2, 0) is 14.3 Å². The third kappa shape index (κ3) is 4.00. The fourth-order valence-corrected chi connectivity index (χ4v) is 7.60. The van der Waals surface area contributed by atoms with Gasteiger partial charge in [0.05, 0.1) is 32.5 Å². The number of esters is 1. The monoisotopic (exact) mass is 471 g/mol. The first kappa shape index (κ1) is 22.3. The summed E-state index contributed by atoms with van der Waals surface area (Å²) in [5.74, 6) is 1.78. The molecule has 1 heterocycles. The zero-order valence-electron chi connectivity index (χ0n) is 19.9. The van der Waals surface area contributed by atoms with Gasteiger partial charge in [-0.2, -0.15) is 0 Å². The summed E-state index contributed by atoms with van der Waals surface area (Å²) in [7, 11) is 1.28. The topological polar surface area (TPSA) is 65.1 Å². The molecule has 1 atom stereocenters. The molecule has 0 spiro atoms. The molecule has 5 aliphatic carbocycles. The van der Waals surface area contributed by atoms with Gasteiger partial charge in [-0.15, -0.1) is 0 Å². The van der Waals surface area contributed by atoms with Gasteiger partial charge in [0.25, 0.3) is 5.91 Å². The quantitative estimate of drug-likeness (QED) is 0.579. The highest BCUT2D eigenvalue weighted by molar-refractivity contribution is 5.97. The minimum Gasteiger partial charge on any atom is -0.493 e. The van der Waals surface area contributed by atoms with Crippen LogP contribution in [0.25, 0.3) is 0 Å². The molecule has 1 saturated heterocycles. The maximum Gasteiger partial charge on any atom is 0.331 e. The molecule has 4 bridgehead atoms. The molecule has 6 aliphatic rings. The largest absolute Gasteiger partial charge is 0.493 e. The van der Waals surface area contributed by atoms with Crippen molar-refractivity contribution >= 4 is 11.9 Å². The summed E-state index contributed by atoms with van der Waals surface area (Å²) in [6, 6.07) is 2.23. The lowest BCUT2D eigenvalue weighted by molar-refractivity contribution is -0.151. The van der Waals surface area contributed by atoms with Crippen LogP contribution in [0, 0.1) is 29.0 Å². The number of methoxy groups -OCH3 is 1. The molecule has 1 unspecified atom stereocenters. The molecule has 34 heavy (non-hydrogen) atoms. The van der Waals surface area contributed by atoms with Crippen LogP contribution in [0.15, 0.2) is 12.1 Å². The Morgan fingerprint density at radius 1 is 1.12 bits per heavy atom. The predicted molar refractivity (Wildman–Crippen MR) is 122 cm³/mol. The molecular formula is C27H34FNO5. The Bertz CT molecular complexity index is 954. The second-order valence-corrected chi connectivity index (χ2v) is 11.5. The van der Waals surface area contributed by atoms with Gasteiger partial charge in [-0.1, -0.05) is 0 Å². The number of hydrogen-bond donors (Lipinski definition) is 0. The number of ether oxygens (including phenoxy) is 3. The predicted octanol–water partition coefficient (Wildman–Crippen LogP) is 4.31. The maximum atomic E-state index is 15.3. The minimum absolute atomic E-state index is 0.000132. The van der Waals surface area contributed by atoms with E-state index < -0.39 is 23.7 Å². The van der Waals surface area contributed by atoms with Crippen LogP contribution in [-0.4, -0.2) is 56.3 Å². The van der Waals surface area contributed by atoms with Gasteiger partial charge in [0.1, 0.15) is 11.6 Å². The van der Waals surface area contributed by atoms with Crippen molar-refractivity contribution in [3.8, 4) is 5.75 Å². The van der Waals surface area contributed by atoms with Crippen LogP contribution < -0.4 is 4.74 Å². The number of carbonyl (C=O) groups excluding carboxylic acids is 2. The van der Waals surface area contributed by atoms with E-state index in [1.54, 1.807) is 6.07 Å². The normalized spacial score (nSPS) is 34.2. The SMILES string of the molecule is COC(=O)C1COCCN1C(=O)c1cc(C2CC2)c(OCC23CC4CC(CC(C4)C2)C3)cc1F. The van der Waals surface area contributed by atoms with Crippen molar-refractivity contribution in [3.05, 3.63) is 29.1 Å². The third-order valence-corrected chi connectivity index (χ3v) is 8.91. The van der Waals surface area contributed by atoms with E-state index in [-0.39, 0.29) is 24.1 Å². The number of nitrogens with zero attached hydrogens (tertiary/aromatic N) is 1. The maximum absolute atomic E-state index is 15.3. The first-order valence-electron chi connectivity index (χ1n) is 12.9.